The zero-order chi connectivity index (χ0) is 17.9. The lowest BCUT2D eigenvalue weighted by Gasteiger charge is -2.16. The minimum absolute atomic E-state index is 0.0337. The standard InChI is InChI=1S/C17H15F4NO2/c1-3-24-16(23)13-6-4-11(17(19,20)21)9-15(13)22-14-7-5-12(18)8-10(14)2/h4-9,22H,3H2,1-2H3. The van der Waals surface area contributed by atoms with E-state index in [4.69, 9.17) is 4.74 Å². The van der Waals surface area contributed by atoms with Crippen LogP contribution in [-0.4, -0.2) is 12.6 Å². The van der Waals surface area contributed by atoms with Crippen molar-refractivity contribution in [3.05, 3.63) is 58.9 Å². The van der Waals surface area contributed by atoms with Crippen LogP contribution in [0.5, 0.6) is 0 Å². The van der Waals surface area contributed by atoms with Crippen molar-refractivity contribution in [1.82, 2.24) is 0 Å². The number of hydrogen-bond acceptors (Lipinski definition) is 3. The lowest BCUT2D eigenvalue weighted by molar-refractivity contribution is -0.137. The molecule has 2 aromatic carbocycles. The molecule has 1 N–H and O–H groups in total. The Bertz CT molecular complexity index is 757. The molecule has 3 nitrogen and oxygen atoms in total. The third-order valence-electron chi connectivity index (χ3n) is 3.30. The van der Waals surface area contributed by atoms with E-state index in [1.165, 1.54) is 18.2 Å². The summed E-state index contributed by atoms with van der Waals surface area (Å²) < 4.78 is 56.8. The monoisotopic (exact) mass is 341 g/mol. The highest BCUT2D eigenvalue weighted by molar-refractivity contribution is 5.96. The van der Waals surface area contributed by atoms with Crippen molar-refractivity contribution in [2.24, 2.45) is 0 Å². The lowest BCUT2D eigenvalue weighted by Crippen LogP contribution is -2.11. The molecule has 0 heterocycles. The predicted octanol–water partition coefficient (Wildman–Crippen LogP) is 5.07. The van der Waals surface area contributed by atoms with Gasteiger partial charge >= 0.3 is 12.1 Å². The molecule has 7 heteroatoms. The Kier molecular flexibility index (Phi) is 5.11. The second-order valence-electron chi connectivity index (χ2n) is 5.06. The average Bonchev–Trinajstić information content (AvgIpc) is 2.49. The number of carbonyl (C=O) groups is 1. The number of carbonyl (C=O) groups excluding carboxylic acids is 1. The number of nitrogens with one attached hydrogen (secondary N) is 1. The summed E-state index contributed by atoms with van der Waals surface area (Å²) in [6, 6.07) is 6.50. The molecule has 0 unspecified atom stereocenters. The van der Waals surface area contributed by atoms with Crippen LogP contribution in [0, 0.1) is 12.7 Å². The molecule has 0 saturated carbocycles. The summed E-state index contributed by atoms with van der Waals surface area (Å²) >= 11 is 0. The number of halogens is 4. The molecule has 0 bridgehead atoms. The Balaban J connectivity index is 2.48. The van der Waals surface area contributed by atoms with E-state index in [1.807, 2.05) is 0 Å². The van der Waals surface area contributed by atoms with Gasteiger partial charge in [-0.2, -0.15) is 13.2 Å². The number of benzene rings is 2. The molecule has 2 aromatic rings. The Morgan fingerprint density at radius 1 is 1.12 bits per heavy atom. The van der Waals surface area contributed by atoms with Gasteiger partial charge in [0.05, 0.1) is 23.4 Å². The van der Waals surface area contributed by atoms with Gasteiger partial charge in [-0.05, 0) is 55.8 Å². The second-order valence-corrected chi connectivity index (χ2v) is 5.06. The summed E-state index contributed by atoms with van der Waals surface area (Å²) in [6.45, 7) is 3.29. The van der Waals surface area contributed by atoms with Gasteiger partial charge in [-0.3, -0.25) is 0 Å². The molecule has 0 aliphatic carbocycles. The molecule has 0 amide bonds. The fraction of sp³-hybridized carbons (Fsp3) is 0.235. The van der Waals surface area contributed by atoms with E-state index in [0.29, 0.717) is 11.3 Å². The van der Waals surface area contributed by atoms with Gasteiger partial charge in [-0.15, -0.1) is 0 Å². The second kappa shape index (κ2) is 6.90. The van der Waals surface area contributed by atoms with Gasteiger partial charge in [0.2, 0.25) is 0 Å². The molecule has 0 spiro atoms. The molecule has 0 fully saturated rings. The number of anilines is 2. The van der Waals surface area contributed by atoms with Crippen LogP contribution in [0.3, 0.4) is 0 Å². The topological polar surface area (TPSA) is 38.3 Å². The van der Waals surface area contributed by atoms with Crippen LogP contribution >= 0.6 is 0 Å². The van der Waals surface area contributed by atoms with Gasteiger partial charge in [0, 0.05) is 5.69 Å². The summed E-state index contributed by atoms with van der Waals surface area (Å²) in [7, 11) is 0. The normalized spacial score (nSPS) is 11.2. The Morgan fingerprint density at radius 3 is 2.42 bits per heavy atom. The molecule has 2 rings (SSSR count). The average molecular weight is 341 g/mol. The first-order valence-corrected chi connectivity index (χ1v) is 7.14. The highest BCUT2D eigenvalue weighted by Crippen LogP contribution is 2.34. The molecule has 0 aromatic heterocycles. The Hall–Kier alpha value is -2.57. The third kappa shape index (κ3) is 4.04. The minimum atomic E-state index is -4.55. The molecule has 0 radical (unpaired) electrons. The lowest BCUT2D eigenvalue weighted by atomic mass is 10.1. The first-order chi connectivity index (χ1) is 11.2. The molecule has 24 heavy (non-hydrogen) atoms. The summed E-state index contributed by atoms with van der Waals surface area (Å²) in [5, 5.41) is 2.75. The number of rotatable bonds is 4. The van der Waals surface area contributed by atoms with Crippen molar-refractivity contribution >= 4 is 17.3 Å². The minimum Gasteiger partial charge on any atom is -0.462 e. The highest BCUT2D eigenvalue weighted by atomic mass is 19.4. The third-order valence-corrected chi connectivity index (χ3v) is 3.30. The highest BCUT2D eigenvalue weighted by Gasteiger charge is 2.31. The fourth-order valence-corrected chi connectivity index (χ4v) is 2.12. The summed E-state index contributed by atoms with van der Waals surface area (Å²) in [4.78, 5) is 12.0. The van der Waals surface area contributed by atoms with Crippen LogP contribution in [0.15, 0.2) is 36.4 Å². The van der Waals surface area contributed by atoms with Crippen molar-refractivity contribution in [3.8, 4) is 0 Å². The molecule has 0 aliphatic rings. The van der Waals surface area contributed by atoms with E-state index in [0.717, 1.165) is 18.2 Å². The van der Waals surface area contributed by atoms with Gasteiger partial charge in [0.25, 0.3) is 0 Å². The number of alkyl halides is 3. The van der Waals surface area contributed by atoms with Crippen LogP contribution in [0.1, 0.15) is 28.4 Å². The van der Waals surface area contributed by atoms with Gasteiger partial charge in [0.1, 0.15) is 5.82 Å². The number of aryl methyl sites for hydroxylation is 1. The van der Waals surface area contributed by atoms with Crippen molar-refractivity contribution in [3.63, 3.8) is 0 Å². The van der Waals surface area contributed by atoms with Crippen LogP contribution in [0.25, 0.3) is 0 Å². The Morgan fingerprint density at radius 2 is 1.83 bits per heavy atom. The SMILES string of the molecule is CCOC(=O)c1ccc(C(F)(F)F)cc1Nc1ccc(F)cc1C. The van der Waals surface area contributed by atoms with Gasteiger partial charge in [-0.1, -0.05) is 0 Å². The van der Waals surface area contributed by atoms with Crippen molar-refractivity contribution in [2.75, 3.05) is 11.9 Å². The zero-order valence-electron chi connectivity index (χ0n) is 13.0. The van der Waals surface area contributed by atoms with E-state index >= 15 is 0 Å². The van der Waals surface area contributed by atoms with Crippen LogP contribution in [0.2, 0.25) is 0 Å². The maximum Gasteiger partial charge on any atom is 0.416 e. The molecular weight excluding hydrogens is 326 g/mol. The molecule has 128 valence electrons. The maximum absolute atomic E-state index is 13.2. The number of esters is 1. The number of ether oxygens (including phenoxy) is 1. The molecule has 0 atom stereocenters. The van der Waals surface area contributed by atoms with E-state index < -0.39 is 23.5 Å². The number of hydrogen-bond donors (Lipinski definition) is 1. The van der Waals surface area contributed by atoms with Gasteiger partial charge in [0.15, 0.2) is 0 Å². The predicted molar refractivity (Wildman–Crippen MR) is 81.8 cm³/mol. The van der Waals surface area contributed by atoms with E-state index in [1.54, 1.807) is 13.8 Å². The zero-order valence-corrected chi connectivity index (χ0v) is 13.0. The van der Waals surface area contributed by atoms with E-state index in [9.17, 15) is 22.4 Å². The van der Waals surface area contributed by atoms with Gasteiger partial charge in [-0.25, -0.2) is 9.18 Å². The first kappa shape index (κ1) is 17.8. The van der Waals surface area contributed by atoms with Gasteiger partial charge < -0.3 is 10.1 Å². The van der Waals surface area contributed by atoms with Crippen LogP contribution in [-0.2, 0) is 10.9 Å². The quantitative estimate of drug-likeness (QED) is 0.623. The smallest absolute Gasteiger partial charge is 0.416 e. The molecule has 0 aliphatic heterocycles. The fourth-order valence-electron chi connectivity index (χ4n) is 2.12. The maximum atomic E-state index is 13.2. The van der Waals surface area contributed by atoms with Crippen molar-refractivity contribution in [1.29, 1.82) is 0 Å². The molecular formula is C17H15F4NO2. The van der Waals surface area contributed by atoms with E-state index in [-0.39, 0.29) is 17.9 Å². The van der Waals surface area contributed by atoms with Crippen LogP contribution in [0.4, 0.5) is 28.9 Å². The van der Waals surface area contributed by atoms with Crippen molar-refractivity contribution < 1.29 is 27.1 Å². The summed E-state index contributed by atoms with van der Waals surface area (Å²) in [5.41, 5.74) is -0.118. The summed E-state index contributed by atoms with van der Waals surface area (Å²) in [6.07, 6.45) is -4.55. The molecule has 0 saturated heterocycles. The largest absolute Gasteiger partial charge is 0.462 e. The Labute approximate surface area is 136 Å². The van der Waals surface area contributed by atoms with Crippen LogP contribution < -0.4 is 5.32 Å². The van der Waals surface area contributed by atoms with E-state index in [2.05, 4.69) is 5.32 Å². The van der Waals surface area contributed by atoms with Crippen molar-refractivity contribution in [2.45, 2.75) is 20.0 Å². The first-order valence-electron chi connectivity index (χ1n) is 7.14. The summed E-state index contributed by atoms with van der Waals surface area (Å²) in [5.74, 6) is -1.21.